The average Bonchev–Trinajstić information content (AvgIpc) is 2.16. The van der Waals surface area contributed by atoms with Gasteiger partial charge in [0, 0.05) is 19.6 Å². The first-order valence-electron chi connectivity index (χ1n) is 4.26. The molecule has 0 aromatic rings. The van der Waals surface area contributed by atoms with Crippen molar-refractivity contribution in [2.45, 2.75) is 13.0 Å². The monoisotopic (exact) mass is 204 g/mol. The normalized spacial score (nSPS) is 14.5. The van der Waals surface area contributed by atoms with Crippen LogP contribution >= 0.6 is 0 Å². The number of carbonyl (C=O) groups excluding carboxylic acids is 1. The maximum absolute atomic E-state index is 11.2. The van der Waals surface area contributed by atoms with Crippen molar-refractivity contribution < 1.29 is 19.4 Å². The number of nitrogens with one attached hydrogen (secondary N) is 1. The summed E-state index contributed by atoms with van der Waals surface area (Å²) in [6, 6.07) is 0. The number of hydrogen-bond acceptors (Lipinski definition) is 4. The van der Waals surface area contributed by atoms with Crippen LogP contribution in [0.15, 0.2) is 0 Å². The molecule has 0 fully saturated rings. The molecule has 0 aromatic carbocycles. The molecule has 0 saturated heterocycles. The maximum atomic E-state index is 11.2. The molecule has 0 aliphatic rings. The molecule has 6 nitrogen and oxygen atoms in total. The van der Waals surface area contributed by atoms with Gasteiger partial charge >= 0.3 is 5.97 Å². The van der Waals surface area contributed by atoms with E-state index in [4.69, 9.17) is 10.8 Å². The second kappa shape index (κ2) is 6.33. The number of ether oxygens (including phenoxy) is 1. The minimum atomic E-state index is -1.10. The molecule has 0 bridgehead atoms. The third kappa shape index (κ3) is 4.20. The average molecular weight is 204 g/mol. The van der Waals surface area contributed by atoms with Gasteiger partial charge in [0.2, 0.25) is 5.91 Å². The van der Waals surface area contributed by atoms with E-state index in [1.807, 2.05) is 0 Å². The fraction of sp³-hybridized carbons (Fsp3) is 0.750. The highest BCUT2D eigenvalue weighted by Gasteiger charge is 2.18. The molecule has 0 radical (unpaired) electrons. The summed E-state index contributed by atoms with van der Waals surface area (Å²) in [4.78, 5) is 21.7. The fourth-order valence-electron chi connectivity index (χ4n) is 0.746. The number of aliphatic carboxylic acids is 1. The zero-order valence-corrected chi connectivity index (χ0v) is 8.32. The Hall–Kier alpha value is -1.14. The Morgan fingerprint density at radius 1 is 1.57 bits per heavy atom. The number of carboxylic acids is 1. The van der Waals surface area contributed by atoms with E-state index in [1.165, 1.54) is 7.11 Å². The van der Waals surface area contributed by atoms with Gasteiger partial charge < -0.3 is 20.9 Å². The molecule has 2 atom stereocenters. The predicted octanol–water partition coefficient (Wildman–Crippen LogP) is -1.20. The minimum Gasteiger partial charge on any atom is -0.479 e. The van der Waals surface area contributed by atoms with Crippen molar-refractivity contribution in [2.24, 2.45) is 11.7 Å². The molecule has 4 N–H and O–H groups in total. The molecule has 6 heteroatoms. The Morgan fingerprint density at radius 2 is 2.14 bits per heavy atom. The highest BCUT2D eigenvalue weighted by Crippen LogP contribution is 1.92. The van der Waals surface area contributed by atoms with Gasteiger partial charge in [-0.05, 0) is 0 Å². The molecule has 0 heterocycles. The Labute approximate surface area is 82.4 Å². The van der Waals surface area contributed by atoms with Crippen LogP contribution in [0.25, 0.3) is 0 Å². The SMILES string of the molecule is COC(CNC(=O)C(C)CN)C(=O)O. The summed E-state index contributed by atoms with van der Waals surface area (Å²) >= 11 is 0. The quantitative estimate of drug-likeness (QED) is 0.504. The van der Waals surface area contributed by atoms with E-state index in [1.54, 1.807) is 6.92 Å². The zero-order chi connectivity index (χ0) is 11.1. The lowest BCUT2D eigenvalue weighted by Crippen LogP contribution is -2.41. The molecule has 82 valence electrons. The van der Waals surface area contributed by atoms with Crippen LogP contribution in [0, 0.1) is 5.92 Å². The van der Waals surface area contributed by atoms with Crippen molar-refractivity contribution in [3.05, 3.63) is 0 Å². The van der Waals surface area contributed by atoms with E-state index in [0.29, 0.717) is 0 Å². The third-order valence-electron chi connectivity index (χ3n) is 1.82. The van der Waals surface area contributed by atoms with E-state index in [-0.39, 0.29) is 24.9 Å². The van der Waals surface area contributed by atoms with Crippen LogP contribution in [0.3, 0.4) is 0 Å². The number of rotatable bonds is 6. The van der Waals surface area contributed by atoms with Crippen molar-refractivity contribution in [1.82, 2.24) is 5.32 Å². The molecule has 0 aliphatic carbocycles. The minimum absolute atomic E-state index is 0.0466. The standard InChI is InChI=1S/C8H16N2O4/c1-5(3-9)7(11)10-4-6(14-2)8(12)13/h5-6H,3-4,9H2,1-2H3,(H,10,11)(H,12,13). The molecule has 0 saturated carbocycles. The van der Waals surface area contributed by atoms with Gasteiger partial charge in [-0.25, -0.2) is 4.79 Å². The van der Waals surface area contributed by atoms with E-state index in [9.17, 15) is 9.59 Å². The number of carboxylic acid groups (broad SMARTS) is 1. The van der Waals surface area contributed by atoms with Crippen molar-refractivity contribution in [2.75, 3.05) is 20.2 Å². The lowest BCUT2D eigenvalue weighted by molar-refractivity contribution is -0.148. The maximum Gasteiger partial charge on any atom is 0.334 e. The van der Waals surface area contributed by atoms with Crippen molar-refractivity contribution in [3.63, 3.8) is 0 Å². The lowest BCUT2D eigenvalue weighted by atomic mass is 10.1. The van der Waals surface area contributed by atoms with Crippen LogP contribution in [0.5, 0.6) is 0 Å². The highest BCUT2D eigenvalue weighted by atomic mass is 16.5. The summed E-state index contributed by atoms with van der Waals surface area (Å²) in [5.74, 6) is -1.69. The molecule has 0 spiro atoms. The summed E-state index contributed by atoms with van der Waals surface area (Å²) in [7, 11) is 1.28. The Balaban J connectivity index is 3.91. The molecule has 1 amide bonds. The van der Waals surface area contributed by atoms with Gasteiger partial charge in [0.1, 0.15) is 0 Å². The van der Waals surface area contributed by atoms with E-state index >= 15 is 0 Å². The van der Waals surface area contributed by atoms with Gasteiger partial charge in [-0.3, -0.25) is 4.79 Å². The first-order valence-corrected chi connectivity index (χ1v) is 4.26. The Kier molecular flexibility index (Phi) is 5.82. The summed E-state index contributed by atoms with van der Waals surface area (Å²) in [6.45, 7) is 1.85. The van der Waals surface area contributed by atoms with Gasteiger partial charge in [0.05, 0.1) is 6.54 Å². The van der Waals surface area contributed by atoms with E-state index in [0.717, 1.165) is 0 Å². The molecule has 0 aliphatic heterocycles. The van der Waals surface area contributed by atoms with Gasteiger partial charge in [0.25, 0.3) is 0 Å². The smallest absolute Gasteiger partial charge is 0.334 e. The Morgan fingerprint density at radius 3 is 2.50 bits per heavy atom. The van der Waals surface area contributed by atoms with Crippen LogP contribution in [0.4, 0.5) is 0 Å². The fourth-order valence-corrected chi connectivity index (χ4v) is 0.746. The van der Waals surface area contributed by atoms with Crippen LogP contribution in [-0.4, -0.2) is 43.3 Å². The van der Waals surface area contributed by atoms with Crippen LogP contribution < -0.4 is 11.1 Å². The molecule has 14 heavy (non-hydrogen) atoms. The molecule has 0 aromatic heterocycles. The molecular formula is C8H16N2O4. The van der Waals surface area contributed by atoms with Gasteiger partial charge in [0.15, 0.2) is 6.10 Å². The summed E-state index contributed by atoms with van der Waals surface area (Å²) in [6.07, 6.45) is -1.01. The van der Waals surface area contributed by atoms with Crippen LogP contribution in [0.1, 0.15) is 6.92 Å². The zero-order valence-electron chi connectivity index (χ0n) is 8.32. The number of hydrogen-bond donors (Lipinski definition) is 3. The topological polar surface area (TPSA) is 102 Å². The largest absolute Gasteiger partial charge is 0.479 e. The van der Waals surface area contributed by atoms with Crippen LogP contribution in [-0.2, 0) is 14.3 Å². The molecular weight excluding hydrogens is 188 g/mol. The van der Waals surface area contributed by atoms with Crippen molar-refractivity contribution >= 4 is 11.9 Å². The first kappa shape index (κ1) is 12.9. The first-order chi connectivity index (χ1) is 6.52. The van der Waals surface area contributed by atoms with Gasteiger partial charge in [-0.2, -0.15) is 0 Å². The number of carbonyl (C=O) groups is 2. The van der Waals surface area contributed by atoms with E-state index in [2.05, 4.69) is 10.1 Å². The van der Waals surface area contributed by atoms with Gasteiger partial charge in [-0.15, -0.1) is 0 Å². The Bertz CT molecular complexity index is 208. The summed E-state index contributed by atoms with van der Waals surface area (Å²) < 4.78 is 4.63. The van der Waals surface area contributed by atoms with E-state index < -0.39 is 12.1 Å². The number of methoxy groups -OCH3 is 1. The van der Waals surface area contributed by atoms with Crippen molar-refractivity contribution in [1.29, 1.82) is 0 Å². The van der Waals surface area contributed by atoms with Crippen LogP contribution in [0.2, 0.25) is 0 Å². The third-order valence-corrected chi connectivity index (χ3v) is 1.82. The second-order valence-corrected chi connectivity index (χ2v) is 2.94. The predicted molar refractivity (Wildman–Crippen MR) is 49.7 cm³/mol. The van der Waals surface area contributed by atoms with Gasteiger partial charge in [-0.1, -0.05) is 6.92 Å². The summed E-state index contributed by atoms with van der Waals surface area (Å²) in [5, 5.41) is 11.0. The molecule has 0 rings (SSSR count). The second-order valence-electron chi connectivity index (χ2n) is 2.94. The number of nitrogens with two attached hydrogens (primary N) is 1. The lowest BCUT2D eigenvalue weighted by Gasteiger charge is -2.13. The number of amides is 1. The molecule has 2 unspecified atom stereocenters. The highest BCUT2D eigenvalue weighted by molar-refractivity contribution is 5.79. The van der Waals surface area contributed by atoms with Crippen molar-refractivity contribution in [3.8, 4) is 0 Å². The summed E-state index contributed by atoms with van der Waals surface area (Å²) in [5.41, 5.74) is 5.26.